The van der Waals surface area contributed by atoms with E-state index in [0.717, 1.165) is 18.3 Å². The van der Waals surface area contributed by atoms with Gasteiger partial charge in [0.25, 0.3) is 0 Å². The number of aliphatic hydroxyl groups excluding tert-OH is 1. The second-order valence-corrected chi connectivity index (χ2v) is 8.19. The Bertz CT molecular complexity index is 395. The van der Waals surface area contributed by atoms with Gasteiger partial charge < -0.3 is 15.7 Å². The summed E-state index contributed by atoms with van der Waals surface area (Å²) in [4.78, 5) is 5.17. The molecule has 132 valence electrons. The van der Waals surface area contributed by atoms with Gasteiger partial charge in [-0.1, -0.05) is 44.2 Å². The Kier molecular flexibility index (Phi) is 5.97. The SMILES string of the molecule is CC1C[C@H](C2CCCCC2)C[C@@H]2C(O)C[C@H](/C=N/OCCN)[C@@H]12. The Hall–Kier alpha value is -0.610. The molecule has 0 aromatic heterocycles. The van der Waals surface area contributed by atoms with E-state index in [4.69, 9.17) is 10.6 Å². The Morgan fingerprint density at radius 2 is 1.91 bits per heavy atom. The molecule has 4 heteroatoms. The van der Waals surface area contributed by atoms with Crippen LogP contribution in [0.25, 0.3) is 0 Å². The van der Waals surface area contributed by atoms with Crippen LogP contribution in [0.5, 0.6) is 0 Å². The van der Waals surface area contributed by atoms with Crippen molar-refractivity contribution in [1.82, 2.24) is 0 Å². The van der Waals surface area contributed by atoms with E-state index in [1.165, 1.54) is 44.9 Å². The highest BCUT2D eigenvalue weighted by Crippen LogP contribution is 2.52. The predicted molar refractivity (Wildman–Crippen MR) is 93.1 cm³/mol. The zero-order chi connectivity index (χ0) is 16.2. The topological polar surface area (TPSA) is 67.8 Å². The van der Waals surface area contributed by atoms with Gasteiger partial charge in [0, 0.05) is 18.7 Å². The first-order valence-electron chi connectivity index (χ1n) is 9.74. The summed E-state index contributed by atoms with van der Waals surface area (Å²) in [5, 5.41) is 14.7. The van der Waals surface area contributed by atoms with E-state index < -0.39 is 0 Å². The Morgan fingerprint density at radius 1 is 1.13 bits per heavy atom. The zero-order valence-corrected chi connectivity index (χ0v) is 14.6. The average molecular weight is 322 g/mol. The van der Waals surface area contributed by atoms with Crippen molar-refractivity contribution in [2.45, 2.75) is 64.4 Å². The number of nitrogens with zero attached hydrogens (tertiary/aromatic N) is 1. The normalized spacial score (nSPS) is 42.0. The number of hydrogen-bond acceptors (Lipinski definition) is 4. The van der Waals surface area contributed by atoms with Crippen molar-refractivity contribution in [2.75, 3.05) is 13.2 Å². The third-order valence-corrected chi connectivity index (χ3v) is 6.76. The van der Waals surface area contributed by atoms with E-state index >= 15 is 0 Å². The van der Waals surface area contributed by atoms with Gasteiger partial charge in [-0.3, -0.25) is 0 Å². The van der Waals surface area contributed by atoms with Crippen molar-refractivity contribution in [2.24, 2.45) is 46.4 Å². The number of aliphatic hydroxyl groups is 1. The molecule has 0 aromatic carbocycles. The molecule has 0 heterocycles. The first kappa shape index (κ1) is 17.2. The highest BCUT2D eigenvalue weighted by atomic mass is 16.6. The first-order valence-corrected chi connectivity index (χ1v) is 9.74. The molecule has 2 unspecified atom stereocenters. The molecule has 3 rings (SSSR count). The fourth-order valence-electron chi connectivity index (χ4n) is 5.80. The van der Waals surface area contributed by atoms with E-state index in [1.807, 2.05) is 6.21 Å². The number of oxime groups is 1. The second-order valence-electron chi connectivity index (χ2n) is 8.19. The summed E-state index contributed by atoms with van der Waals surface area (Å²) in [6.45, 7) is 3.36. The highest BCUT2D eigenvalue weighted by Gasteiger charge is 2.49. The number of rotatable bonds is 5. The smallest absolute Gasteiger partial charge is 0.129 e. The molecule has 4 nitrogen and oxygen atoms in total. The van der Waals surface area contributed by atoms with Gasteiger partial charge in [0.1, 0.15) is 6.61 Å². The van der Waals surface area contributed by atoms with Crippen molar-refractivity contribution in [3.63, 3.8) is 0 Å². The van der Waals surface area contributed by atoms with Crippen molar-refractivity contribution in [3.8, 4) is 0 Å². The van der Waals surface area contributed by atoms with E-state index in [-0.39, 0.29) is 6.10 Å². The molecule has 3 fully saturated rings. The van der Waals surface area contributed by atoms with Crippen molar-refractivity contribution in [1.29, 1.82) is 0 Å². The molecule has 3 saturated carbocycles. The largest absolute Gasteiger partial charge is 0.395 e. The minimum absolute atomic E-state index is 0.153. The summed E-state index contributed by atoms with van der Waals surface area (Å²) in [7, 11) is 0. The lowest BCUT2D eigenvalue weighted by atomic mass is 9.62. The minimum atomic E-state index is -0.153. The highest BCUT2D eigenvalue weighted by molar-refractivity contribution is 5.61. The molecule has 23 heavy (non-hydrogen) atoms. The summed E-state index contributed by atoms with van der Waals surface area (Å²) >= 11 is 0. The maximum absolute atomic E-state index is 10.6. The molecule has 0 radical (unpaired) electrons. The van der Waals surface area contributed by atoms with Crippen molar-refractivity contribution >= 4 is 6.21 Å². The molecular weight excluding hydrogens is 288 g/mol. The fraction of sp³-hybridized carbons (Fsp3) is 0.947. The predicted octanol–water partition coefficient (Wildman–Crippen LogP) is 3.19. The van der Waals surface area contributed by atoms with Gasteiger partial charge >= 0.3 is 0 Å². The monoisotopic (exact) mass is 322 g/mol. The van der Waals surface area contributed by atoms with Crippen LogP contribution in [0.3, 0.4) is 0 Å². The number of fused-ring (bicyclic) bond motifs is 1. The van der Waals surface area contributed by atoms with Gasteiger partial charge in [-0.15, -0.1) is 0 Å². The second kappa shape index (κ2) is 7.98. The van der Waals surface area contributed by atoms with E-state index in [9.17, 15) is 5.11 Å². The lowest BCUT2D eigenvalue weighted by Crippen LogP contribution is -2.37. The molecule has 0 amide bonds. The van der Waals surface area contributed by atoms with Gasteiger partial charge in [-0.25, -0.2) is 0 Å². The third kappa shape index (κ3) is 3.90. The Balaban J connectivity index is 1.62. The van der Waals surface area contributed by atoms with Gasteiger partial charge in [0.15, 0.2) is 0 Å². The molecule has 0 aromatic rings. The minimum Gasteiger partial charge on any atom is -0.395 e. The average Bonchev–Trinajstić information content (AvgIpc) is 2.89. The van der Waals surface area contributed by atoms with E-state index in [1.54, 1.807) is 0 Å². The van der Waals surface area contributed by atoms with Crippen LogP contribution in [0, 0.1) is 35.5 Å². The lowest BCUT2D eigenvalue weighted by Gasteiger charge is -2.43. The molecule has 0 bridgehead atoms. The maximum atomic E-state index is 10.6. The maximum Gasteiger partial charge on any atom is 0.129 e. The van der Waals surface area contributed by atoms with Crippen LogP contribution < -0.4 is 5.73 Å². The summed E-state index contributed by atoms with van der Waals surface area (Å²) in [6, 6.07) is 0. The summed E-state index contributed by atoms with van der Waals surface area (Å²) < 4.78 is 0. The van der Waals surface area contributed by atoms with Crippen LogP contribution in [-0.2, 0) is 4.84 Å². The summed E-state index contributed by atoms with van der Waals surface area (Å²) in [6.07, 6.45) is 12.3. The van der Waals surface area contributed by atoms with Gasteiger partial charge in [-0.05, 0) is 48.9 Å². The first-order chi connectivity index (χ1) is 11.2. The molecule has 0 saturated heterocycles. The molecule has 3 aliphatic rings. The summed E-state index contributed by atoms with van der Waals surface area (Å²) in [5.74, 6) is 3.86. The van der Waals surface area contributed by atoms with E-state index in [0.29, 0.717) is 36.8 Å². The van der Waals surface area contributed by atoms with Gasteiger partial charge in [0.05, 0.1) is 6.10 Å². The number of hydrogen-bond donors (Lipinski definition) is 2. The van der Waals surface area contributed by atoms with Gasteiger partial charge in [-0.2, -0.15) is 0 Å². The van der Waals surface area contributed by atoms with Crippen LogP contribution in [0.4, 0.5) is 0 Å². The fourth-order valence-corrected chi connectivity index (χ4v) is 5.80. The molecule has 0 spiro atoms. The lowest BCUT2D eigenvalue weighted by molar-refractivity contribution is 0.0264. The van der Waals surface area contributed by atoms with Crippen LogP contribution in [0.2, 0.25) is 0 Å². The Morgan fingerprint density at radius 3 is 2.65 bits per heavy atom. The van der Waals surface area contributed by atoms with Crippen molar-refractivity contribution < 1.29 is 9.94 Å². The van der Waals surface area contributed by atoms with E-state index in [2.05, 4.69) is 12.1 Å². The van der Waals surface area contributed by atoms with Crippen LogP contribution in [-0.4, -0.2) is 30.6 Å². The van der Waals surface area contributed by atoms with Crippen LogP contribution >= 0.6 is 0 Å². The molecule has 3 aliphatic carbocycles. The van der Waals surface area contributed by atoms with Crippen LogP contribution in [0.1, 0.15) is 58.3 Å². The molecule has 0 aliphatic heterocycles. The molecular formula is C19H34N2O2. The standard InChI is InChI=1S/C19H34N2O2/c1-13-9-15(14-5-3-2-4-6-14)10-17-18(22)11-16(19(13)17)12-21-23-8-7-20/h12-19,22H,2-11,20H2,1H3/b21-12+/t13?,15-,16+,17+,18?,19+/m0/s1. The van der Waals surface area contributed by atoms with Crippen molar-refractivity contribution in [3.05, 3.63) is 0 Å². The Labute approximate surface area is 140 Å². The summed E-state index contributed by atoms with van der Waals surface area (Å²) in [5.41, 5.74) is 5.42. The van der Waals surface area contributed by atoms with Crippen LogP contribution in [0.15, 0.2) is 5.16 Å². The zero-order valence-electron chi connectivity index (χ0n) is 14.6. The quantitative estimate of drug-likeness (QED) is 0.464. The van der Waals surface area contributed by atoms with Gasteiger partial charge in [0.2, 0.25) is 0 Å². The molecule has 3 N–H and O–H groups in total. The third-order valence-electron chi connectivity index (χ3n) is 6.76. The molecule has 6 atom stereocenters. The number of nitrogens with two attached hydrogens (primary N) is 1.